The molecule has 0 saturated carbocycles. The van der Waals surface area contributed by atoms with E-state index >= 15 is 0 Å². The number of hydrogen-bond donors (Lipinski definition) is 0. The molecule has 0 saturated heterocycles. The van der Waals surface area contributed by atoms with Crippen LogP contribution in [0.2, 0.25) is 0 Å². The van der Waals surface area contributed by atoms with Crippen LogP contribution in [0.5, 0.6) is 0 Å². The molecule has 0 aromatic rings. The van der Waals surface area contributed by atoms with Gasteiger partial charge in [0.25, 0.3) is 0 Å². The zero-order chi connectivity index (χ0) is 14.9. The molecule has 0 radical (unpaired) electrons. The summed E-state index contributed by atoms with van der Waals surface area (Å²) < 4.78 is 0. The van der Waals surface area contributed by atoms with Crippen molar-refractivity contribution in [2.24, 2.45) is 0 Å². The quantitative estimate of drug-likeness (QED) is 0.286. The van der Waals surface area contributed by atoms with E-state index in [2.05, 4.69) is 43.4 Å². The van der Waals surface area contributed by atoms with Crippen molar-refractivity contribution in [3.63, 3.8) is 0 Å². The Morgan fingerprint density at radius 2 is 1.55 bits per heavy atom. The minimum absolute atomic E-state index is 0.206. The van der Waals surface area contributed by atoms with Crippen LogP contribution in [0, 0.1) is 0 Å². The lowest BCUT2D eigenvalue weighted by Crippen LogP contribution is -2.21. The van der Waals surface area contributed by atoms with Gasteiger partial charge in [-0.25, -0.2) is 0 Å². The van der Waals surface area contributed by atoms with Crippen molar-refractivity contribution < 1.29 is 9.90 Å². The molecular weight excluding hydrogens is 248 g/mol. The molecule has 0 spiro atoms. The van der Waals surface area contributed by atoms with Gasteiger partial charge in [0.1, 0.15) is 0 Å². The maximum Gasteiger partial charge on any atom is 0.0414 e. The van der Waals surface area contributed by atoms with E-state index in [9.17, 15) is 9.90 Å². The average Bonchev–Trinajstić information content (AvgIpc) is 2.43. The van der Waals surface area contributed by atoms with Crippen molar-refractivity contribution in [2.45, 2.75) is 71.1 Å². The Kier molecular flexibility index (Phi) is 14.7. The van der Waals surface area contributed by atoms with Crippen LogP contribution in [-0.2, 0) is 4.79 Å². The SMILES string of the molecule is CCC/C=C\C/C=C/C=C\CCCCCCCC(=O)[O-]. The molecule has 0 aliphatic carbocycles. The number of carboxylic acids is 1. The first-order valence-electron chi connectivity index (χ1n) is 7.94. The maximum atomic E-state index is 10.2. The molecule has 0 atom stereocenters. The van der Waals surface area contributed by atoms with Gasteiger partial charge in [-0.3, -0.25) is 0 Å². The van der Waals surface area contributed by atoms with E-state index in [1.165, 1.54) is 25.7 Å². The van der Waals surface area contributed by atoms with Gasteiger partial charge in [0.15, 0.2) is 0 Å². The summed E-state index contributed by atoms with van der Waals surface area (Å²) in [5, 5.41) is 10.2. The summed E-state index contributed by atoms with van der Waals surface area (Å²) in [4.78, 5) is 10.2. The lowest BCUT2D eigenvalue weighted by molar-refractivity contribution is -0.305. The fourth-order valence-electron chi connectivity index (χ4n) is 1.85. The number of aliphatic carboxylic acids is 1. The van der Waals surface area contributed by atoms with E-state index in [1.807, 2.05) is 0 Å². The molecule has 0 unspecified atom stereocenters. The molecule has 0 fully saturated rings. The highest BCUT2D eigenvalue weighted by Crippen LogP contribution is 2.07. The molecule has 0 aromatic carbocycles. The van der Waals surface area contributed by atoms with E-state index in [4.69, 9.17) is 0 Å². The van der Waals surface area contributed by atoms with Crippen LogP contribution < -0.4 is 5.11 Å². The molecule has 0 N–H and O–H groups in total. The normalized spacial score (nSPS) is 12.1. The first-order valence-corrected chi connectivity index (χ1v) is 7.94. The summed E-state index contributed by atoms with van der Waals surface area (Å²) in [5.41, 5.74) is 0. The number of carboxylic acid groups (broad SMARTS) is 1. The Labute approximate surface area is 124 Å². The first kappa shape index (κ1) is 18.7. The van der Waals surface area contributed by atoms with Crippen LogP contribution in [0.1, 0.15) is 71.1 Å². The molecule has 0 aliphatic heterocycles. The highest BCUT2D eigenvalue weighted by atomic mass is 16.4. The Bertz CT molecular complexity index is 301. The molecule has 0 rings (SSSR count). The van der Waals surface area contributed by atoms with E-state index in [-0.39, 0.29) is 6.42 Å². The molecule has 2 nitrogen and oxygen atoms in total. The first-order chi connectivity index (χ1) is 9.77. The van der Waals surface area contributed by atoms with Crippen LogP contribution in [0.25, 0.3) is 0 Å². The van der Waals surface area contributed by atoms with Gasteiger partial charge in [-0.2, -0.15) is 0 Å². The highest BCUT2D eigenvalue weighted by molar-refractivity contribution is 5.63. The molecule has 0 aromatic heterocycles. The number of allylic oxidation sites excluding steroid dienone is 6. The lowest BCUT2D eigenvalue weighted by Gasteiger charge is -2.01. The molecule has 2 heteroatoms. The Morgan fingerprint density at radius 3 is 2.30 bits per heavy atom. The molecule has 0 amide bonds. The predicted molar refractivity (Wildman–Crippen MR) is 84.3 cm³/mol. The smallest absolute Gasteiger partial charge is 0.0414 e. The van der Waals surface area contributed by atoms with Gasteiger partial charge in [0.05, 0.1) is 0 Å². The molecular formula is C18H29O2-. The standard InChI is InChI=1S/C18H30O2/c1-2-3-4-5-6-7-8-9-10-11-12-13-14-15-16-17-18(19)20/h4-5,7-10H,2-3,6,11-17H2,1H3,(H,19,20)/p-1/b5-4-,8-7+,10-9-. The van der Waals surface area contributed by atoms with E-state index in [0.29, 0.717) is 0 Å². The number of hydrogen-bond acceptors (Lipinski definition) is 2. The molecule has 0 aliphatic rings. The summed E-state index contributed by atoms with van der Waals surface area (Å²) in [6.45, 7) is 2.19. The van der Waals surface area contributed by atoms with Crippen LogP contribution >= 0.6 is 0 Å². The molecule has 0 bridgehead atoms. The van der Waals surface area contributed by atoms with E-state index in [0.717, 1.165) is 32.1 Å². The fourth-order valence-corrected chi connectivity index (χ4v) is 1.85. The minimum Gasteiger partial charge on any atom is -0.550 e. The van der Waals surface area contributed by atoms with Crippen LogP contribution in [-0.4, -0.2) is 5.97 Å². The third-order valence-electron chi connectivity index (χ3n) is 3.03. The van der Waals surface area contributed by atoms with Crippen molar-refractivity contribution in [3.8, 4) is 0 Å². The van der Waals surface area contributed by atoms with Crippen molar-refractivity contribution in [2.75, 3.05) is 0 Å². The van der Waals surface area contributed by atoms with Crippen molar-refractivity contribution in [1.29, 1.82) is 0 Å². The highest BCUT2D eigenvalue weighted by Gasteiger charge is 1.90. The third kappa shape index (κ3) is 16.7. The number of carbonyl (C=O) groups is 1. The Balaban J connectivity index is 3.27. The summed E-state index contributed by atoms with van der Waals surface area (Å²) >= 11 is 0. The van der Waals surface area contributed by atoms with Gasteiger partial charge < -0.3 is 9.90 Å². The van der Waals surface area contributed by atoms with Crippen LogP contribution in [0.15, 0.2) is 36.5 Å². The molecule has 20 heavy (non-hydrogen) atoms. The second-order valence-electron chi connectivity index (χ2n) is 5.03. The number of rotatable bonds is 13. The van der Waals surface area contributed by atoms with Crippen LogP contribution in [0.3, 0.4) is 0 Å². The average molecular weight is 277 g/mol. The van der Waals surface area contributed by atoms with E-state index in [1.54, 1.807) is 0 Å². The van der Waals surface area contributed by atoms with Gasteiger partial charge in [-0.05, 0) is 38.5 Å². The Hall–Kier alpha value is -1.31. The van der Waals surface area contributed by atoms with Gasteiger partial charge in [-0.15, -0.1) is 0 Å². The fraction of sp³-hybridized carbons (Fsp3) is 0.611. The van der Waals surface area contributed by atoms with Gasteiger partial charge in [0.2, 0.25) is 0 Å². The van der Waals surface area contributed by atoms with Crippen molar-refractivity contribution >= 4 is 5.97 Å². The van der Waals surface area contributed by atoms with Gasteiger partial charge in [-0.1, -0.05) is 69.1 Å². The third-order valence-corrected chi connectivity index (χ3v) is 3.03. The molecule has 114 valence electrons. The zero-order valence-electron chi connectivity index (χ0n) is 12.9. The number of unbranched alkanes of at least 4 members (excludes halogenated alkanes) is 6. The second-order valence-corrected chi connectivity index (χ2v) is 5.03. The topological polar surface area (TPSA) is 40.1 Å². The van der Waals surface area contributed by atoms with Crippen molar-refractivity contribution in [3.05, 3.63) is 36.5 Å². The maximum absolute atomic E-state index is 10.2. The summed E-state index contributed by atoms with van der Waals surface area (Å²) in [5.74, 6) is -0.927. The second kappa shape index (κ2) is 15.7. The largest absolute Gasteiger partial charge is 0.550 e. The lowest BCUT2D eigenvalue weighted by atomic mass is 10.1. The summed E-state index contributed by atoms with van der Waals surface area (Å²) in [6.07, 6.45) is 23.0. The zero-order valence-corrected chi connectivity index (χ0v) is 12.9. The summed E-state index contributed by atoms with van der Waals surface area (Å²) in [6, 6.07) is 0. The van der Waals surface area contributed by atoms with E-state index < -0.39 is 5.97 Å². The predicted octanol–water partition coefficient (Wildman–Crippen LogP) is 4.33. The van der Waals surface area contributed by atoms with Gasteiger partial charge >= 0.3 is 0 Å². The molecule has 0 heterocycles. The van der Waals surface area contributed by atoms with Crippen LogP contribution in [0.4, 0.5) is 0 Å². The van der Waals surface area contributed by atoms with Crippen molar-refractivity contribution in [1.82, 2.24) is 0 Å². The minimum atomic E-state index is -0.927. The Morgan fingerprint density at radius 1 is 0.850 bits per heavy atom. The number of carbonyl (C=O) groups excluding carboxylic acids is 1. The van der Waals surface area contributed by atoms with Gasteiger partial charge in [0, 0.05) is 5.97 Å². The monoisotopic (exact) mass is 277 g/mol. The summed E-state index contributed by atoms with van der Waals surface area (Å²) in [7, 11) is 0.